The molecular weight excluding hydrogens is 366 g/mol. The molecule has 0 atom stereocenters. The zero-order valence-electron chi connectivity index (χ0n) is 13.8. The molecule has 1 amide bonds. The van der Waals surface area contributed by atoms with Crippen molar-refractivity contribution in [2.75, 3.05) is 10.6 Å². The first-order valence-electron chi connectivity index (χ1n) is 8.42. The molecule has 1 aromatic heterocycles. The SMILES string of the molecule is Cc1ccc(NC(=O)c2ccc(NC3CCCCC3)cn2)cc1Br. The third-order valence-electron chi connectivity index (χ3n) is 4.40. The van der Waals surface area contributed by atoms with Crippen molar-refractivity contribution in [1.29, 1.82) is 0 Å². The average molecular weight is 388 g/mol. The molecule has 0 unspecified atom stereocenters. The summed E-state index contributed by atoms with van der Waals surface area (Å²) in [6, 6.07) is 9.98. The molecule has 0 radical (unpaired) electrons. The van der Waals surface area contributed by atoms with Gasteiger partial charge in [-0.3, -0.25) is 4.79 Å². The number of nitrogens with one attached hydrogen (secondary N) is 2. The van der Waals surface area contributed by atoms with Gasteiger partial charge in [-0.15, -0.1) is 0 Å². The molecule has 4 nitrogen and oxygen atoms in total. The molecule has 5 heteroatoms. The number of aromatic nitrogens is 1. The van der Waals surface area contributed by atoms with E-state index in [0.29, 0.717) is 11.7 Å². The first kappa shape index (κ1) is 17.0. The number of halogens is 1. The molecule has 2 N–H and O–H groups in total. The second-order valence-corrected chi connectivity index (χ2v) is 7.18. The summed E-state index contributed by atoms with van der Waals surface area (Å²) in [5.74, 6) is -0.199. The van der Waals surface area contributed by atoms with Gasteiger partial charge in [0.1, 0.15) is 5.69 Å². The van der Waals surface area contributed by atoms with Crippen LogP contribution in [-0.4, -0.2) is 16.9 Å². The maximum Gasteiger partial charge on any atom is 0.274 e. The number of pyridine rings is 1. The molecule has 1 aliphatic rings. The number of amides is 1. The normalized spacial score (nSPS) is 15.1. The summed E-state index contributed by atoms with van der Waals surface area (Å²) in [7, 11) is 0. The first-order valence-corrected chi connectivity index (χ1v) is 9.21. The van der Waals surface area contributed by atoms with Gasteiger partial charge in [-0.25, -0.2) is 4.98 Å². The van der Waals surface area contributed by atoms with E-state index in [1.165, 1.54) is 32.1 Å². The molecule has 1 saturated carbocycles. The molecular formula is C19H22BrN3O. The lowest BCUT2D eigenvalue weighted by Gasteiger charge is -2.23. The maximum absolute atomic E-state index is 12.3. The summed E-state index contributed by atoms with van der Waals surface area (Å²) in [6.07, 6.45) is 8.09. The standard InChI is InChI=1S/C19H22BrN3O/c1-13-7-8-15(11-17(13)20)23-19(24)18-10-9-16(12-21-18)22-14-5-3-2-4-6-14/h7-12,14,22H,2-6H2,1H3,(H,23,24). The van der Waals surface area contributed by atoms with E-state index in [2.05, 4.69) is 31.5 Å². The molecule has 1 aliphatic carbocycles. The molecule has 1 aromatic carbocycles. The van der Waals surface area contributed by atoms with Crippen LogP contribution in [0.25, 0.3) is 0 Å². The number of hydrogen-bond acceptors (Lipinski definition) is 3. The summed E-state index contributed by atoms with van der Waals surface area (Å²) in [4.78, 5) is 16.6. The number of carbonyl (C=O) groups excluding carboxylic acids is 1. The molecule has 0 saturated heterocycles. The lowest BCUT2D eigenvalue weighted by Crippen LogP contribution is -2.22. The van der Waals surface area contributed by atoms with Crippen LogP contribution in [0.2, 0.25) is 0 Å². The molecule has 2 aromatic rings. The van der Waals surface area contributed by atoms with Crippen LogP contribution in [-0.2, 0) is 0 Å². The van der Waals surface area contributed by atoms with Crippen LogP contribution in [0.5, 0.6) is 0 Å². The van der Waals surface area contributed by atoms with Crippen molar-refractivity contribution in [2.45, 2.75) is 45.1 Å². The summed E-state index contributed by atoms with van der Waals surface area (Å²) in [5.41, 5.74) is 3.28. The zero-order valence-corrected chi connectivity index (χ0v) is 15.4. The Morgan fingerprint density at radius 3 is 2.54 bits per heavy atom. The molecule has 0 spiro atoms. The van der Waals surface area contributed by atoms with Crippen LogP contribution in [0.3, 0.4) is 0 Å². The Morgan fingerprint density at radius 2 is 1.88 bits per heavy atom. The maximum atomic E-state index is 12.3. The Bertz CT molecular complexity index is 709. The van der Waals surface area contributed by atoms with Crippen LogP contribution in [0.1, 0.15) is 48.2 Å². The van der Waals surface area contributed by atoms with Gasteiger partial charge in [-0.2, -0.15) is 0 Å². The van der Waals surface area contributed by atoms with E-state index in [-0.39, 0.29) is 5.91 Å². The fourth-order valence-electron chi connectivity index (χ4n) is 2.96. The minimum absolute atomic E-state index is 0.199. The van der Waals surface area contributed by atoms with E-state index < -0.39 is 0 Å². The van der Waals surface area contributed by atoms with Crippen LogP contribution in [0.4, 0.5) is 11.4 Å². The Kier molecular flexibility index (Phi) is 5.51. The lowest BCUT2D eigenvalue weighted by atomic mass is 9.95. The van der Waals surface area contributed by atoms with Gasteiger partial charge >= 0.3 is 0 Å². The van der Waals surface area contributed by atoms with Crippen LogP contribution < -0.4 is 10.6 Å². The summed E-state index contributed by atoms with van der Waals surface area (Å²) in [6.45, 7) is 2.01. The number of rotatable bonds is 4. The summed E-state index contributed by atoms with van der Waals surface area (Å²) in [5, 5.41) is 6.39. The predicted octanol–water partition coefficient (Wildman–Crippen LogP) is 5.15. The summed E-state index contributed by atoms with van der Waals surface area (Å²) < 4.78 is 0.972. The zero-order chi connectivity index (χ0) is 16.9. The van der Waals surface area contributed by atoms with Gasteiger partial charge in [-0.05, 0) is 49.6 Å². The minimum atomic E-state index is -0.199. The average Bonchev–Trinajstić information content (AvgIpc) is 2.60. The first-order chi connectivity index (χ1) is 11.6. The Morgan fingerprint density at radius 1 is 1.12 bits per heavy atom. The van der Waals surface area contributed by atoms with Crippen molar-refractivity contribution in [3.05, 3.63) is 52.3 Å². The number of hydrogen-bond donors (Lipinski definition) is 2. The van der Waals surface area contributed by atoms with Gasteiger partial charge in [0.25, 0.3) is 5.91 Å². The van der Waals surface area contributed by atoms with Crippen molar-refractivity contribution in [3.8, 4) is 0 Å². The van der Waals surface area contributed by atoms with Crippen molar-refractivity contribution in [2.24, 2.45) is 0 Å². The third kappa shape index (κ3) is 4.35. The Hall–Kier alpha value is -1.88. The Balaban J connectivity index is 1.61. The van der Waals surface area contributed by atoms with Gasteiger partial charge in [0.2, 0.25) is 0 Å². The topological polar surface area (TPSA) is 54.0 Å². The molecule has 24 heavy (non-hydrogen) atoms. The minimum Gasteiger partial charge on any atom is -0.381 e. The predicted molar refractivity (Wildman–Crippen MR) is 102 cm³/mol. The van der Waals surface area contributed by atoms with Gasteiger partial charge < -0.3 is 10.6 Å². The van der Waals surface area contributed by atoms with Crippen LogP contribution in [0, 0.1) is 6.92 Å². The second-order valence-electron chi connectivity index (χ2n) is 6.33. The van der Waals surface area contributed by atoms with Gasteiger partial charge in [-0.1, -0.05) is 41.3 Å². The molecule has 126 valence electrons. The number of nitrogens with zero attached hydrogens (tertiary/aromatic N) is 1. The highest BCUT2D eigenvalue weighted by molar-refractivity contribution is 9.10. The van der Waals surface area contributed by atoms with Crippen molar-refractivity contribution in [3.63, 3.8) is 0 Å². The molecule has 1 heterocycles. The third-order valence-corrected chi connectivity index (χ3v) is 5.26. The van der Waals surface area contributed by atoms with Crippen LogP contribution >= 0.6 is 15.9 Å². The number of aryl methyl sites for hydroxylation is 1. The van der Waals surface area contributed by atoms with E-state index in [0.717, 1.165) is 21.4 Å². The lowest BCUT2D eigenvalue weighted by molar-refractivity contribution is 0.102. The largest absolute Gasteiger partial charge is 0.381 e. The number of anilines is 2. The van der Waals surface area contributed by atoms with Gasteiger partial charge in [0.05, 0.1) is 11.9 Å². The fraction of sp³-hybridized carbons (Fsp3) is 0.368. The monoisotopic (exact) mass is 387 g/mol. The van der Waals surface area contributed by atoms with Crippen molar-refractivity contribution < 1.29 is 4.79 Å². The summed E-state index contributed by atoms with van der Waals surface area (Å²) >= 11 is 3.47. The van der Waals surface area contributed by atoms with Crippen molar-refractivity contribution >= 4 is 33.2 Å². The Labute approximate surface area is 151 Å². The highest BCUT2D eigenvalue weighted by Crippen LogP contribution is 2.22. The van der Waals surface area contributed by atoms with Gasteiger partial charge in [0, 0.05) is 16.2 Å². The van der Waals surface area contributed by atoms with E-state index in [1.54, 1.807) is 12.3 Å². The molecule has 0 bridgehead atoms. The van der Waals surface area contributed by atoms with E-state index in [9.17, 15) is 4.79 Å². The van der Waals surface area contributed by atoms with E-state index >= 15 is 0 Å². The highest BCUT2D eigenvalue weighted by atomic mass is 79.9. The van der Waals surface area contributed by atoms with Crippen LogP contribution in [0.15, 0.2) is 41.0 Å². The van der Waals surface area contributed by atoms with Gasteiger partial charge in [0.15, 0.2) is 0 Å². The molecule has 0 aliphatic heterocycles. The fourth-order valence-corrected chi connectivity index (χ4v) is 3.34. The smallest absolute Gasteiger partial charge is 0.274 e. The molecule has 3 rings (SSSR count). The number of carbonyl (C=O) groups is 1. The second kappa shape index (κ2) is 7.79. The van der Waals surface area contributed by atoms with E-state index in [4.69, 9.17) is 0 Å². The molecule has 1 fully saturated rings. The highest BCUT2D eigenvalue weighted by Gasteiger charge is 2.14. The quantitative estimate of drug-likeness (QED) is 0.762. The van der Waals surface area contributed by atoms with Crippen molar-refractivity contribution in [1.82, 2.24) is 4.98 Å². The number of benzene rings is 1. The van der Waals surface area contributed by atoms with E-state index in [1.807, 2.05) is 31.2 Å².